The highest BCUT2D eigenvalue weighted by molar-refractivity contribution is 7.20. The van der Waals surface area contributed by atoms with Crippen LogP contribution in [0.5, 0.6) is 0 Å². The SMILES string of the molecule is CCOC(=O)c1ccc(F)c(-c2cccc3cc(Cc4cccc(C(F)(F)F)c4)sc23)c1.O=C(O)c1ccc(F)c(-c2cccc3cc(Cc4cccc(C(F)(F)F)c4)sc23)c1. The van der Waals surface area contributed by atoms with Gasteiger partial charge in [-0.15, -0.1) is 22.7 Å². The maximum atomic E-state index is 14.7. The molecule has 0 spiro atoms. The summed E-state index contributed by atoms with van der Waals surface area (Å²) in [5, 5.41) is 10.9. The predicted octanol–water partition coefficient (Wildman–Crippen LogP) is 14.5. The van der Waals surface area contributed by atoms with Crippen molar-refractivity contribution in [2.45, 2.75) is 32.1 Å². The lowest BCUT2D eigenvalue weighted by atomic mass is 10.0. The van der Waals surface area contributed by atoms with Crippen molar-refractivity contribution in [3.63, 3.8) is 0 Å². The summed E-state index contributed by atoms with van der Waals surface area (Å²) in [6, 6.07) is 32.6. The fourth-order valence-electron chi connectivity index (χ4n) is 6.89. The number of carboxylic acid groups (broad SMARTS) is 1. The number of alkyl halides is 6. The Morgan fingerprint density at radius 1 is 0.548 bits per heavy atom. The number of hydrogen-bond donors (Lipinski definition) is 1. The molecule has 0 fully saturated rings. The van der Waals surface area contributed by atoms with Crippen molar-refractivity contribution >= 4 is 54.8 Å². The summed E-state index contributed by atoms with van der Waals surface area (Å²) in [5.41, 5.74) is 1.52. The van der Waals surface area contributed by atoms with Crippen LogP contribution in [-0.2, 0) is 29.9 Å². The largest absolute Gasteiger partial charge is 0.478 e. The van der Waals surface area contributed by atoms with Crippen molar-refractivity contribution in [3.05, 3.63) is 188 Å². The molecule has 8 aromatic rings. The highest BCUT2D eigenvalue weighted by Gasteiger charge is 2.31. The Morgan fingerprint density at radius 2 is 0.984 bits per heavy atom. The maximum absolute atomic E-state index is 14.7. The van der Waals surface area contributed by atoms with E-state index in [9.17, 15) is 49.8 Å². The molecule has 0 aliphatic carbocycles. The molecular weight excluding hydrogens is 857 g/mol. The standard InChI is InChI=1S/C25H18F4O2S.C23H14F4O2S/c1-2-31-24(30)17-9-10-22(26)21(14-17)20-8-4-6-16-13-19(32-23(16)20)12-15-5-3-7-18(11-15)25(27,28)29;24-20-8-7-15(22(28)29)12-19(20)18-6-2-4-14-11-17(30-21(14)18)10-13-3-1-5-16(9-13)23(25,26)27/h3-11,13-14H,2,12H2,1H3;1-9,11-12H,10H2,(H,28,29). The number of hydrogen-bond acceptors (Lipinski definition) is 5. The molecule has 0 aliphatic rings. The minimum absolute atomic E-state index is 0.0239. The molecule has 0 saturated heterocycles. The van der Waals surface area contributed by atoms with Crippen molar-refractivity contribution in [2.24, 2.45) is 0 Å². The molecule has 62 heavy (non-hydrogen) atoms. The third-order valence-corrected chi connectivity index (χ3v) is 12.1. The first kappa shape index (κ1) is 43.7. The molecule has 0 atom stereocenters. The molecule has 0 amide bonds. The Labute approximate surface area is 357 Å². The number of halogens is 8. The molecule has 0 saturated carbocycles. The highest BCUT2D eigenvalue weighted by atomic mass is 32.1. The summed E-state index contributed by atoms with van der Waals surface area (Å²) < 4.78 is 114. The lowest BCUT2D eigenvalue weighted by Crippen LogP contribution is -2.05. The van der Waals surface area contributed by atoms with E-state index in [-0.39, 0.29) is 28.9 Å². The van der Waals surface area contributed by atoms with Gasteiger partial charge in [-0.2, -0.15) is 26.3 Å². The predicted molar refractivity (Wildman–Crippen MR) is 226 cm³/mol. The summed E-state index contributed by atoms with van der Waals surface area (Å²) in [6.45, 7) is 1.91. The summed E-state index contributed by atoms with van der Waals surface area (Å²) >= 11 is 2.75. The van der Waals surface area contributed by atoms with Crippen molar-refractivity contribution in [3.8, 4) is 22.3 Å². The molecule has 0 radical (unpaired) electrons. The van der Waals surface area contributed by atoms with Gasteiger partial charge in [0.2, 0.25) is 0 Å². The molecule has 2 aromatic heterocycles. The van der Waals surface area contributed by atoms with Gasteiger partial charge < -0.3 is 9.84 Å². The van der Waals surface area contributed by atoms with Crippen molar-refractivity contribution in [1.29, 1.82) is 0 Å². The number of esters is 1. The number of fused-ring (bicyclic) bond motifs is 2. The summed E-state index contributed by atoms with van der Waals surface area (Å²) in [6.07, 6.45) is -8.17. The molecule has 8 rings (SSSR count). The Morgan fingerprint density at radius 3 is 1.42 bits per heavy atom. The second-order valence-corrected chi connectivity index (χ2v) is 16.3. The molecule has 316 valence electrons. The number of carbonyl (C=O) groups excluding carboxylic acids is 1. The van der Waals surface area contributed by atoms with Crippen LogP contribution >= 0.6 is 22.7 Å². The summed E-state index contributed by atoms with van der Waals surface area (Å²) in [5.74, 6) is -2.70. The zero-order chi connectivity index (χ0) is 44.3. The van der Waals surface area contributed by atoms with E-state index in [2.05, 4.69) is 0 Å². The van der Waals surface area contributed by atoms with Gasteiger partial charge in [-0.1, -0.05) is 72.8 Å². The fourth-order valence-corrected chi connectivity index (χ4v) is 9.33. The van der Waals surface area contributed by atoms with Crippen LogP contribution in [0.4, 0.5) is 35.1 Å². The second kappa shape index (κ2) is 17.9. The van der Waals surface area contributed by atoms with E-state index in [1.54, 1.807) is 43.3 Å². The Bertz CT molecular complexity index is 2950. The lowest BCUT2D eigenvalue weighted by molar-refractivity contribution is -0.138. The molecule has 2 heterocycles. The summed E-state index contributed by atoms with van der Waals surface area (Å²) in [4.78, 5) is 25.0. The molecule has 0 unspecified atom stereocenters. The third-order valence-electron chi connectivity index (χ3n) is 9.73. The first-order chi connectivity index (χ1) is 29.5. The van der Waals surface area contributed by atoms with Crippen LogP contribution in [0.3, 0.4) is 0 Å². The molecule has 0 bridgehead atoms. The minimum atomic E-state index is -4.41. The first-order valence-electron chi connectivity index (χ1n) is 18.8. The van der Waals surface area contributed by atoms with Gasteiger partial charge in [-0.05, 0) is 89.5 Å². The fraction of sp³-hybridized carbons (Fsp3) is 0.125. The molecule has 1 N–H and O–H groups in total. The molecular formula is C48H32F8O4S2. The smallest absolute Gasteiger partial charge is 0.416 e. The van der Waals surface area contributed by atoms with Gasteiger partial charge in [0.15, 0.2) is 0 Å². The first-order valence-corrected chi connectivity index (χ1v) is 20.5. The minimum Gasteiger partial charge on any atom is -0.478 e. The number of carbonyl (C=O) groups is 2. The van der Waals surface area contributed by atoms with Crippen molar-refractivity contribution in [2.75, 3.05) is 6.61 Å². The van der Waals surface area contributed by atoms with Crippen molar-refractivity contribution < 1.29 is 54.6 Å². The zero-order valence-corrected chi connectivity index (χ0v) is 34.0. The Kier molecular flexibility index (Phi) is 12.6. The van der Waals surface area contributed by atoms with Crippen LogP contribution in [0.2, 0.25) is 0 Å². The van der Waals surface area contributed by atoms with Gasteiger partial charge in [0.05, 0.1) is 28.9 Å². The number of ether oxygens (including phenoxy) is 1. The van der Waals surface area contributed by atoms with Gasteiger partial charge in [0.25, 0.3) is 0 Å². The van der Waals surface area contributed by atoms with Crippen LogP contribution in [0.1, 0.15) is 59.6 Å². The quantitative estimate of drug-likeness (QED) is 0.116. The van der Waals surface area contributed by atoms with E-state index in [1.807, 2.05) is 24.3 Å². The van der Waals surface area contributed by atoms with E-state index in [0.717, 1.165) is 60.3 Å². The number of thiophene rings is 2. The van der Waals surface area contributed by atoms with Crippen LogP contribution in [-0.4, -0.2) is 23.7 Å². The van der Waals surface area contributed by atoms with Crippen LogP contribution < -0.4 is 0 Å². The Hall–Kier alpha value is -6.38. The Balaban J connectivity index is 0.000000187. The monoisotopic (exact) mass is 888 g/mol. The molecule has 4 nitrogen and oxygen atoms in total. The number of benzene rings is 6. The molecule has 14 heteroatoms. The topological polar surface area (TPSA) is 63.6 Å². The van der Waals surface area contributed by atoms with Crippen LogP contribution in [0.25, 0.3) is 42.4 Å². The van der Waals surface area contributed by atoms with Crippen LogP contribution in [0, 0.1) is 11.6 Å². The summed E-state index contributed by atoms with van der Waals surface area (Å²) in [7, 11) is 0. The van der Waals surface area contributed by atoms with Gasteiger partial charge in [0, 0.05) is 54.2 Å². The van der Waals surface area contributed by atoms with Crippen molar-refractivity contribution in [1.82, 2.24) is 0 Å². The van der Waals surface area contributed by atoms with E-state index in [4.69, 9.17) is 4.74 Å². The van der Waals surface area contributed by atoms with Gasteiger partial charge in [-0.3, -0.25) is 0 Å². The van der Waals surface area contributed by atoms with E-state index >= 15 is 0 Å². The number of rotatable bonds is 9. The van der Waals surface area contributed by atoms with Gasteiger partial charge in [0.1, 0.15) is 11.6 Å². The van der Waals surface area contributed by atoms with Gasteiger partial charge >= 0.3 is 24.3 Å². The highest BCUT2D eigenvalue weighted by Crippen LogP contribution is 2.40. The average molecular weight is 889 g/mol. The lowest BCUT2D eigenvalue weighted by Gasteiger charge is -2.08. The molecule has 0 aliphatic heterocycles. The maximum Gasteiger partial charge on any atom is 0.416 e. The molecule has 6 aromatic carbocycles. The second-order valence-electron chi connectivity index (χ2n) is 14.0. The third kappa shape index (κ3) is 9.87. The zero-order valence-electron chi connectivity index (χ0n) is 32.3. The van der Waals surface area contributed by atoms with E-state index in [1.165, 1.54) is 65.1 Å². The van der Waals surface area contributed by atoms with E-state index < -0.39 is 47.1 Å². The van der Waals surface area contributed by atoms with Gasteiger partial charge in [-0.25, -0.2) is 18.4 Å². The number of aromatic carboxylic acids is 1. The number of carboxylic acids is 1. The van der Waals surface area contributed by atoms with Crippen LogP contribution in [0.15, 0.2) is 133 Å². The average Bonchev–Trinajstić information content (AvgIpc) is 3.84. The van der Waals surface area contributed by atoms with E-state index in [0.29, 0.717) is 35.1 Å². The normalized spacial score (nSPS) is 11.7.